The first kappa shape index (κ1) is 20.7. The van der Waals surface area contributed by atoms with Crippen molar-refractivity contribution in [1.82, 2.24) is 5.32 Å². The molecule has 0 saturated heterocycles. The monoisotopic (exact) mass is 411 g/mol. The van der Waals surface area contributed by atoms with Crippen LogP contribution in [0.15, 0.2) is 60.7 Å². The second-order valence-corrected chi connectivity index (χ2v) is 7.71. The maximum Gasteiger partial charge on any atom is 0.328 e. The van der Waals surface area contributed by atoms with Gasteiger partial charge in [-0.1, -0.05) is 54.1 Å². The lowest BCUT2D eigenvalue weighted by Gasteiger charge is -2.22. The van der Waals surface area contributed by atoms with Crippen molar-refractivity contribution in [2.75, 3.05) is 6.61 Å². The minimum Gasteiger partial charge on any atom is -0.492 e. The number of fused-ring (bicyclic) bond motifs is 1. The van der Waals surface area contributed by atoms with Gasteiger partial charge in [0.25, 0.3) is 5.91 Å². The number of carbonyl (C=O) groups is 2. The highest BCUT2D eigenvalue weighted by atomic mass is 35.5. The van der Waals surface area contributed by atoms with E-state index in [1.54, 1.807) is 6.07 Å². The fourth-order valence-corrected chi connectivity index (χ4v) is 3.16. The summed E-state index contributed by atoms with van der Waals surface area (Å²) >= 11 is 6.03. The van der Waals surface area contributed by atoms with Crippen LogP contribution in [-0.2, 0) is 11.2 Å². The molecule has 0 radical (unpaired) electrons. The van der Waals surface area contributed by atoms with Crippen molar-refractivity contribution < 1.29 is 19.4 Å². The Balaban J connectivity index is 1.89. The van der Waals surface area contributed by atoms with Gasteiger partial charge in [0.1, 0.15) is 11.3 Å². The summed E-state index contributed by atoms with van der Waals surface area (Å²) in [6, 6.07) is 18.6. The van der Waals surface area contributed by atoms with Gasteiger partial charge >= 0.3 is 5.97 Å². The van der Waals surface area contributed by atoms with Crippen molar-refractivity contribution in [2.24, 2.45) is 0 Å². The van der Waals surface area contributed by atoms with E-state index in [0.717, 1.165) is 16.3 Å². The average molecular weight is 412 g/mol. The van der Waals surface area contributed by atoms with E-state index in [-0.39, 0.29) is 0 Å². The van der Waals surface area contributed by atoms with Crippen molar-refractivity contribution >= 4 is 34.2 Å². The van der Waals surface area contributed by atoms with E-state index in [9.17, 15) is 14.7 Å². The molecule has 2 N–H and O–H groups in total. The second-order valence-electron chi connectivity index (χ2n) is 7.28. The molecule has 0 unspecified atom stereocenters. The number of halogens is 1. The van der Waals surface area contributed by atoms with Gasteiger partial charge in [-0.2, -0.15) is 0 Å². The molecule has 0 heterocycles. The van der Waals surface area contributed by atoms with Crippen LogP contribution in [0.3, 0.4) is 0 Å². The molecule has 0 aliphatic carbocycles. The Labute approximate surface area is 174 Å². The van der Waals surface area contributed by atoms with Crippen LogP contribution in [0.5, 0.6) is 5.75 Å². The lowest BCUT2D eigenvalue weighted by Crippen LogP contribution is -2.49. The highest BCUT2D eigenvalue weighted by Crippen LogP contribution is 2.30. The number of hydrogen-bond acceptors (Lipinski definition) is 3. The van der Waals surface area contributed by atoms with Crippen LogP contribution in [0.2, 0.25) is 5.02 Å². The zero-order valence-corrected chi connectivity index (χ0v) is 17.0. The Morgan fingerprint density at radius 1 is 1.07 bits per heavy atom. The fraction of sp³-hybridized carbons (Fsp3) is 0.217. The van der Waals surface area contributed by atoms with E-state index in [1.165, 1.54) is 13.8 Å². The molecule has 0 aromatic heterocycles. The van der Waals surface area contributed by atoms with Crippen molar-refractivity contribution in [2.45, 2.75) is 25.8 Å². The Morgan fingerprint density at radius 3 is 2.55 bits per heavy atom. The lowest BCUT2D eigenvalue weighted by molar-refractivity contribution is -0.143. The number of amides is 1. The highest BCUT2D eigenvalue weighted by Gasteiger charge is 2.30. The maximum absolute atomic E-state index is 12.8. The van der Waals surface area contributed by atoms with Crippen molar-refractivity contribution in [3.63, 3.8) is 0 Å². The molecule has 1 amide bonds. The predicted molar refractivity (Wildman–Crippen MR) is 114 cm³/mol. The van der Waals surface area contributed by atoms with Crippen LogP contribution in [-0.4, -0.2) is 29.1 Å². The van der Waals surface area contributed by atoms with Gasteiger partial charge in [0.05, 0.1) is 12.2 Å². The molecular weight excluding hydrogens is 390 g/mol. The van der Waals surface area contributed by atoms with Crippen molar-refractivity contribution in [1.29, 1.82) is 0 Å². The highest BCUT2D eigenvalue weighted by molar-refractivity contribution is 6.30. The Bertz CT molecular complexity index is 1060. The first-order valence-electron chi connectivity index (χ1n) is 9.23. The normalized spacial score (nSPS) is 11.3. The SMILES string of the molecule is CC(C)(NC(=O)c1ccc2ccccc2c1OCCc1cccc(Cl)c1)C(=O)O. The van der Waals surface area contributed by atoms with Gasteiger partial charge in [-0.25, -0.2) is 4.79 Å². The van der Waals surface area contributed by atoms with Crippen LogP contribution in [0.1, 0.15) is 29.8 Å². The molecule has 3 rings (SSSR count). The number of benzene rings is 3. The van der Waals surface area contributed by atoms with Gasteiger partial charge in [-0.05, 0) is 43.0 Å². The van der Waals surface area contributed by atoms with Crippen molar-refractivity contribution in [3.8, 4) is 5.75 Å². The Hall–Kier alpha value is -3.05. The molecule has 0 aliphatic heterocycles. The molecule has 0 spiro atoms. The molecule has 29 heavy (non-hydrogen) atoms. The molecule has 150 valence electrons. The van der Waals surface area contributed by atoms with Crippen molar-refractivity contribution in [3.05, 3.63) is 76.8 Å². The van der Waals surface area contributed by atoms with Gasteiger partial charge in [0.2, 0.25) is 0 Å². The van der Waals surface area contributed by atoms with Gasteiger partial charge in [-0.15, -0.1) is 0 Å². The number of carboxylic acid groups (broad SMARTS) is 1. The average Bonchev–Trinajstić information content (AvgIpc) is 2.67. The first-order chi connectivity index (χ1) is 13.8. The zero-order valence-electron chi connectivity index (χ0n) is 16.2. The number of ether oxygens (including phenoxy) is 1. The van der Waals surface area contributed by atoms with Gasteiger partial charge in [0, 0.05) is 16.8 Å². The lowest BCUT2D eigenvalue weighted by atomic mass is 10.0. The van der Waals surface area contributed by atoms with Gasteiger partial charge < -0.3 is 15.2 Å². The van der Waals surface area contributed by atoms with Gasteiger partial charge in [-0.3, -0.25) is 4.79 Å². The third-order valence-electron chi connectivity index (χ3n) is 4.61. The largest absolute Gasteiger partial charge is 0.492 e. The molecular formula is C23H22ClNO4. The number of nitrogens with one attached hydrogen (secondary N) is 1. The number of carboxylic acids is 1. The quantitative estimate of drug-likeness (QED) is 0.590. The van der Waals surface area contributed by atoms with E-state index in [0.29, 0.717) is 29.4 Å². The van der Waals surface area contributed by atoms with E-state index in [4.69, 9.17) is 16.3 Å². The third-order valence-corrected chi connectivity index (χ3v) is 4.85. The third kappa shape index (κ3) is 4.87. The summed E-state index contributed by atoms with van der Waals surface area (Å²) in [5.74, 6) is -1.18. The van der Waals surface area contributed by atoms with Crippen LogP contribution in [0.25, 0.3) is 10.8 Å². The zero-order chi connectivity index (χ0) is 21.0. The molecule has 5 nitrogen and oxygen atoms in total. The maximum atomic E-state index is 12.8. The molecule has 3 aromatic rings. The fourth-order valence-electron chi connectivity index (χ4n) is 2.95. The van der Waals surface area contributed by atoms with E-state index in [1.807, 2.05) is 54.6 Å². The smallest absolute Gasteiger partial charge is 0.328 e. The molecule has 0 bridgehead atoms. The summed E-state index contributed by atoms with van der Waals surface area (Å²) in [7, 11) is 0. The summed E-state index contributed by atoms with van der Waals surface area (Å²) in [4.78, 5) is 24.2. The van der Waals surface area contributed by atoms with Crippen LogP contribution in [0.4, 0.5) is 0 Å². The molecule has 0 saturated carbocycles. The predicted octanol–water partition coefficient (Wildman–Crippen LogP) is 4.71. The number of hydrogen-bond donors (Lipinski definition) is 2. The van der Waals surface area contributed by atoms with E-state index >= 15 is 0 Å². The second kappa shape index (κ2) is 8.53. The first-order valence-corrected chi connectivity index (χ1v) is 9.60. The number of carbonyl (C=O) groups excluding carboxylic acids is 1. The summed E-state index contributed by atoms with van der Waals surface area (Å²) in [6.07, 6.45) is 0.617. The minimum absolute atomic E-state index is 0.295. The molecule has 0 fully saturated rings. The van der Waals surface area contributed by atoms with E-state index < -0.39 is 17.4 Å². The molecule has 3 aromatic carbocycles. The molecule has 0 aliphatic rings. The van der Waals surface area contributed by atoms with Crippen LogP contribution in [0, 0.1) is 0 Å². The van der Waals surface area contributed by atoms with Crippen LogP contribution < -0.4 is 10.1 Å². The topological polar surface area (TPSA) is 75.6 Å². The summed E-state index contributed by atoms with van der Waals surface area (Å²) < 4.78 is 6.04. The summed E-state index contributed by atoms with van der Waals surface area (Å²) in [5.41, 5.74) is -0.0827. The van der Waals surface area contributed by atoms with Crippen LogP contribution >= 0.6 is 11.6 Å². The molecule has 6 heteroatoms. The summed E-state index contributed by atoms with van der Waals surface area (Å²) in [6.45, 7) is 3.22. The minimum atomic E-state index is -1.40. The summed E-state index contributed by atoms with van der Waals surface area (Å²) in [5, 5.41) is 14.2. The van der Waals surface area contributed by atoms with E-state index in [2.05, 4.69) is 5.32 Å². The molecule has 0 atom stereocenters. The Morgan fingerprint density at radius 2 is 1.83 bits per heavy atom. The Kier molecular flexibility index (Phi) is 6.09. The number of rotatable bonds is 7. The van der Waals surface area contributed by atoms with Gasteiger partial charge in [0.15, 0.2) is 0 Å². The number of aliphatic carboxylic acids is 1. The standard InChI is InChI=1S/C23H22ClNO4/c1-23(2,22(27)28)25-21(26)19-11-10-16-7-3-4-9-18(16)20(19)29-13-12-15-6-5-8-17(24)14-15/h3-11,14H,12-13H2,1-2H3,(H,25,26)(H,27,28).